The van der Waals surface area contributed by atoms with Crippen molar-refractivity contribution in [2.24, 2.45) is 5.73 Å². The molecule has 0 aromatic heterocycles. The van der Waals surface area contributed by atoms with Gasteiger partial charge in [0.15, 0.2) is 0 Å². The Balaban J connectivity index is 3.23. The van der Waals surface area contributed by atoms with Crippen molar-refractivity contribution in [2.45, 2.75) is 32.2 Å². The SMILES string of the molecule is CC(N)C/C=C/CCC(=O)O. The molecule has 0 aromatic rings. The highest BCUT2D eigenvalue weighted by Gasteiger charge is 1.92. The van der Waals surface area contributed by atoms with Gasteiger partial charge in [0.2, 0.25) is 0 Å². The Hall–Kier alpha value is -0.830. The second-order valence-corrected chi connectivity index (χ2v) is 2.62. The number of allylic oxidation sites excluding steroid dienone is 1. The van der Waals surface area contributed by atoms with Gasteiger partial charge in [-0.05, 0) is 19.8 Å². The normalized spacial score (nSPS) is 13.6. The molecule has 3 heteroatoms. The number of carbonyl (C=O) groups is 1. The number of aliphatic carboxylic acids is 1. The highest BCUT2D eigenvalue weighted by molar-refractivity contribution is 5.66. The van der Waals surface area contributed by atoms with Gasteiger partial charge < -0.3 is 10.8 Å². The minimum absolute atomic E-state index is 0.163. The molecule has 0 aliphatic carbocycles. The van der Waals surface area contributed by atoms with Gasteiger partial charge in [-0.2, -0.15) is 0 Å². The largest absolute Gasteiger partial charge is 0.481 e. The number of rotatable bonds is 5. The van der Waals surface area contributed by atoms with Crippen LogP contribution in [0.3, 0.4) is 0 Å². The number of carboxylic acid groups (broad SMARTS) is 1. The van der Waals surface area contributed by atoms with Crippen LogP contribution < -0.4 is 5.73 Å². The fourth-order valence-corrected chi connectivity index (χ4v) is 0.636. The molecular formula is C8H15NO2. The van der Waals surface area contributed by atoms with Crippen LogP contribution in [-0.4, -0.2) is 17.1 Å². The zero-order valence-corrected chi connectivity index (χ0v) is 6.79. The predicted molar refractivity (Wildman–Crippen MR) is 44.3 cm³/mol. The molecule has 3 nitrogen and oxygen atoms in total. The Bertz CT molecular complexity index is 141. The highest BCUT2D eigenvalue weighted by atomic mass is 16.4. The van der Waals surface area contributed by atoms with Crippen molar-refractivity contribution < 1.29 is 9.90 Å². The Morgan fingerprint density at radius 2 is 2.27 bits per heavy atom. The molecule has 0 saturated heterocycles. The smallest absolute Gasteiger partial charge is 0.303 e. The first-order chi connectivity index (χ1) is 5.13. The molecule has 0 amide bonds. The summed E-state index contributed by atoms with van der Waals surface area (Å²) in [5, 5.41) is 8.26. The molecule has 0 radical (unpaired) electrons. The molecule has 11 heavy (non-hydrogen) atoms. The third-order valence-corrected chi connectivity index (χ3v) is 1.20. The Morgan fingerprint density at radius 3 is 2.73 bits per heavy atom. The number of hydrogen-bond acceptors (Lipinski definition) is 2. The van der Waals surface area contributed by atoms with Gasteiger partial charge in [-0.1, -0.05) is 12.2 Å². The van der Waals surface area contributed by atoms with E-state index in [9.17, 15) is 4.79 Å². The van der Waals surface area contributed by atoms with Crippen LogP contribution >= 0.6 is 0 Å². The quantitative estimate of drug-likeness (QED) is 0.588. The van der Waals surface area contributed by atoms with Crippen LogP contribution in [0.15, 0.2) is 12.2 Å². The fourth-order valence-electron chi connectivity index (χ4n) is 0.636. The second kappa shape index (κ2) is 5.92. The van der Waals surface area contributed by atoms with Crippen molar-refractivity contribution >= 4 is 5.97 Å². The lowest BCUT2D eigenvalue weighted by molar-refractivity contribution is -0.136. The molecule has 0 heterocycles. The van der Waals surface area contributed by atoms with Crippen molar-refractivity contribution in [1.82, 2.24) is 0 Å². The van der Waals surface area contributed by atoms with Gasteiger partial charge in [0.1, 0.15) is 0 Å². The highest BCUT2D eigenvalue weighted by Crippen LogP contribution is 1.94. The molecule has 0 aliphatic heterocycles. The van der Waals surface area contributed by atoms with Crippen LogP contribution in [0.25, 0.3) is 0 Å². The van der Waals surface area contributed by atoms with Gasteiger partial charge in [-0.15, -0.1) is 0 Å². The van der Waals surface area contributed by atoms with E-state index in [4.69, 9.17) is 10.8 Å². The van der Waals surface area contributed by atoms with Crippen LogP contribution in [0.5, 0.6) is 0 Å². The number of hydrogen-bond donors (Lipinski definition) is 2. The summed E-state index contributed by atoms with van der Waals surface area (Å²) in [6.07, 6.45) is 5.40. The molecule has 0 spiro atoms. The molecule has 0 aliphatic rings. The van der Waals surface area contributed by atoms with Crippen LogP contribution in [0, 0.1) is 0 Å². The van der Waals surface area contributed by atoms with Crippen LogP contribution in [0.2, 0.25) is 0 Å². The summed E-state index contributed by atoms with van der Waals surface area (Å²) >= 11 is 0. The number of carboxylic acids is 1. The zero-order valence-electron chi connectivity index (χ0n) is 6.79. The summed E-state index contributed by atoms with van der Waals surface area (Å²) in [4.78, 5) is 10.0. The minimum atomic E-state index is -0.754. The maximum atomic E-state index is 10.0. The van der Waals surface area contributed by atoms with Gasteiger partial charge in [0, 0.05) is 12.5 Å². The van der Waals surface area contributed by atoms with E-state index >= 15 is 0 Å². The lowest BCUT2D eigenvalue weighted by Crippen LogP contribution is -2.12. The number of nitrogens with two attached hydrogens (primary N) is 1. The topological polar surface area (TPSA) is 63.3 Å². The van der Waals surface area contributed by atoms with Gasteiger partial charge in [-0.25, -0.2) is 0 Å². The molecular weight excluding hydrogens is 142 g/mol. The summed E-state index contributed by atoms with van der Waals surface area (Å²) in [5.41, 5.74) is 5.47. The van der Waals surface area contributed by atoms with E-state index in [1.165, 1.54) is 0 Å². The molecule has 0 bridgehead atoms. The summed E-state index contributed by atoms with van der Waals surface area (Å²) in [6.45, 7) is 1.92. The van der Waals surface area contributed by atoms with Gasteiger partial charge in [-0.3, -0.25) is 4.79 Å². The van der Waals surface area contributed by atoms with Crippen molar-refractivity contribution in [3.8, 4) is 0 Å². The van der Waals surface area contributed by atoms with Crippen LogP contribution in [-0.2, 0) is 4.79 Å². The Kier molecular flexibility index (Phi) is 5.47. The Labute approximate surface area is 66.9 Å². The van der Waals surface area contributed by atoms with E-state index in [0.29, 0.717) is 6.42 Å². The Morgan fingerprint density at radius 1 is 1.64 bits per heavy atom. The van der Waals surface area contributed by atoms with Crippen molar-refractivity contribution in [2.75, 3.05) is 0 Å². The van der Waals surface area contributed by atoms with E-state index in [1.54, 1.807) is 0 Å². The lowest BCUT2D eigenvalue weighted by atomic mass is 10.2. The zero-order chi connectivity index (χ0) is 8.69. The van der Waals surface area contributed by atoms with Crippen molar-refractivity contribution in [1.29, 1.82) is 0 Å². The lowest BCUT2D eigenvalue weighted by Gasteiger charge is -1.96. The minimum Gasteiger partial charge on any atom is -0.481 e. The molecule has 0 fully saturated rings. The van der Waals surface area contributed by atoms with E-state index in [-0.39, 0.29) is 12.5 Å². The molecule has 1 unspecified atom stereocenters. The molecule has 0 saturated carbocycles. The molecule has 64 valence electrons. The van der Waals surface area contributed by atoms with E-state index in [0.717, 1.165) is 6.42 Å². The maximum absolute atomic E-state index is 10.0. The van der Waals surface area contributed by atoms with E-state index < -0.39 is 5.97 Å². The van der Waals surface area contributed by atoms with Crippen molar-refractivity contribution in [3.63, 3.8) is 0 Å². The summed E-state index contributed by atoms with van der Waals surface area (Å²) in [6, 6.07) is 0.163. The average molecular weight is 157 g/mol. The van der Waals surface area contributed by atoms with Gasteiger partial charge >= 0.3 is 5.97 Å². The maximum Gasteiger partial charge on any atom is 0.303 e. The van der Waals surface area contributed by atoms with E-state index in [1.807, 2.05) is 19.1 Å². The molecule has 0 rings (SSSR count). The summed E-state index contributed by atoms with van der Waals surface area (Å²) in [5.74, 6) is -0.754. The summed E-state index contributed by atoms with van der Waals surface area (Å²) in [7, 11) is 0. The third-order valence-electron chi connectivity index (χ3n) is 1.20. The third kappa shape index (κ3) is 9.17. The first-order valence-electron chi connectivity index (χ1n) is 3.75. The van der Waals surface area contributed by atoms with Crippen LogP contribution in [0.4, 0.5) is 0 Å². The van der Waals surface area contributed by atoms with E-state index in [2.05, 4.69) is 0 Å². The molecule has 1 atom stereocenters. The molecule has 0 aromatic carbocycles. The fraction of sp³-hybridized carbons (Fsp3) is 0.625. The first kappa shape index (κ1) is 10.2. The van der Waals surface area contributed by atoms with Gasteiger partial charge in [0.05, 0.1) is 0 Å². The first-order valence-corrected chi connectivity index (χ1v) is 3.75. The van der Waals surface area contributed by atoms with Gasteiger partial charge in [0.25, 0.3) is 0 Å². The predicted octanol–water partition coefficient (Wildman–Crippen LogP) is 1.14. The van der Waals surface area contributed by atoms with Crippen LogP contribution in [0.1, 0.15) is 26.2 Å². The monoisotopic (exact) mass is 157 g/mol. The average Bonchev–Trinajstić information content (AvgIpc) is 1.85. The second-order valence-electron chi connectivity index (χ2n) is 2.62. The molecule has 3 N–H and O–H groups in total. The standard InChI is InChI=1S/C8H15NO2/c1-7(9)5-3-2-4-6-8(10)11/h2-3,7H,4-6,9H2,1H3,(H,10,11)/b3-2+. The summed E-state index contributed by atoms with van der Waals surface area (Å²) < 4.78 is 0. The van der Waals surface area contributed by atoms with Crippen molar-refractivity contribution in [3.05, 3.63) is 12.2 Å².